The minimum absolute atomic E-state index is 0.0458. The van der Waals surface area contributed by atoms with Gasteiger partial charge in [0.05, 0.1) is 18.2 Å². The van der Waals surface area contributed by atoms with Gasteiger partial charge in [-0.25, -0.2) is 4.98 Å². The number of rotatable bonds is 12. The molecule has 0 aliphatic rings. The highest BCUT2D eigenvalue weighted by molar-refractivity contribution is 7.17. The number of carbonyl (C=O) groups excluding carboxylic acids is 2. The highest BCUT2D eigenvalue weighted by atomic mass is 32.1. The average Bonchev–Trinajstić information content (AvgIpc) is 3.58. The Morgan fingerprint density at radius 1 is 1.11 bits per heavy atom. The lowest BCUT2D eigenvalue weighted by Gasteiger charge is -2.09. The summed E-state index contributed by atoms with van der Waals surface area (Å²) in [5.41, 5.74) is 1.91. The van der Waals surface area contributed by atoms with E-state index in [0.29, 0.717) is 17.8 Å². The van der Waals surface area contributed by atoms with Gasteiger partial charge in [-0.15, -0.1) is 11.3 Å². The predicted molar refractivity (Wildman–Crippen MR) is 146 cm³/mol. The van der Waals surface area contributed by atoms with Crippen LogP contribution in [-0.4, -0.2) is 41.0 Å². The number of hydrogen-bond donors (Lipinski definition) is 4. The zero-order chi connectivity index (χ0) is 27.0. The van der Waals surface area contributed by atoms with Crippen molar-refractivity contribution in [2.45, 2.75) is 45.6 Å². The molecule has 3 rings (SSSR count). The molecular weight excluding hydrogens is 510 g/mol. The Morgan fingerprint density at radius 3 is 2.46 bits per heavy atom. The highest BCUT2D eigenvalue weighted by Gasteiger charge is 2.21. The number of carboxylic acid groups (broad SMARTS) is 1. The number of aliphatic carboxylic acids is 1. The monoisotopic (exact) mass is 541 g/mol. The van der Waals surface area contributed by atoms with E-state index in [-0.39, 0.29) is 24.7 Å². The molecule has 0 aliphatic heterocycles. The van der Waals surface area contributed by atoms with Gasteiger partial charge in [0.15, 0.2) is 11.2 Å². The summed E-state index contributed by atoms with van der Waals surface area (Å²) in [6.45, 7) is 5.24. The lowest BCUT2D eigenvalue weighted by Crippen LogP contribution is -2.27. The first-order chi connectivity index (χ1) is 17.9. The van der Waals surface area contributed by atoms with Gasteiger partial charge < -0.3 is 21.1 Å². The fraction of sp³-hybridized carbons (Fsp3) is 0.346. The van der Waals surface area contributed by atoms with E-state index in [1.807, 2.05) is 61.7 Å². The topological polar surface area (TPSA) is 144 Å². The zero-order valence-electron chi connectivity index (χ0n) is 20.8. The highest BCUT2D eigenvalue weighted by Crippen LogP contribution is 2.25. The van der Waals surface area contributed by atoms with Crippen molar-refractivity contribution in [1.29, 1.82) is 5.26 Å². The lowest BCUT2D eigenvalue weighted by atomic mass is 10.1. The number of benzene rings is 1. The first-order valence-electron chi connectivity index (χ1n) is 11.9. The molecule has 1 atom stereocenters. The zero-order valence-corrected chi connectivity index (χ0v) is 22.5. The van der Waals surface area contributed by atoms with Gasteiger partial charge in [0.25, 0.3) is 5.91 Å². The largest absolute Gasteiger partial charge is 0.481 e. The number of nitriles is 1. The van der Waals surface area contributed by atoms with Crippen LogP contribution in [0.5, 0.6) is 0 Å². The summed E-state index contributed by atoms with van der Waals surface area (Å²) in [6.07, 6.45) is 1.38. The third-order valence-corrected chi connectivity index (χ3v) is 6.93. The van der Waals surface area contributed by atoms with Crippen LogP contribution >= 0.6 is 22.7 Å². The Kier molecular flexibility index (Phi) is 12.8. The fourth-order valence-electron chi connectivity index (χ4n) is 3.11. The molecule has 196 valence electrons. The SMILES string of the molecule is CCNc1nc(CC)c(C(=O)NC(C#N)c2cccs2)s1.O=C(O)CCC(=O)NCCc1ccccc1. The number of amides is 2. The number of nitrogens with one attached hydrogen (secondary N) is 3. The predicted octanol–water partition coefficient (Wildman–Crippen LogP) is 4.40. The Bertz CT molecular complexity index is 1170. The number of aromatic nitrogens is 1. The molecule has 0 saturated heterocycles. The fourth-order valence-corrected chi connectivity index (χ4v) is 4.86. The van der Waals surface area contributed by atoms with Gasteiger partial charge in [-0.3, -0.25) is 14.4 Å². The number of carbonyl (C=O) groups is 3. The molecule has 0 bridgehead atoms. The third kappa shape index (κ3) is 10.4. The number of thiophene rings is 1. The maximum atomic E-state index is 12.4. The van der Waals surface area contributed by atoms with Gasteiger partial charge in [-0.1, -0.05) is 54.7 Å². The maximum absolute atomic E-state index is 12.4. The Hall–Kier alpha value is -3.75. The Labute approximate surface area is 224 Å². The van der Waals surface area contributed by atoms with Gasteiger partial charge in [0, 0.05) is 24.4 Å². The minimum atomic E-state index is -0.946. The van der Waals surface area contributed by atoms with Crippen LogP contribution in [0.4, 0.5) is 5.13 Å². The first kappa shape index (κ1) is 29.5. The van der Waals surface area contributed by atoms with Gasteiger partial charge in [0.1, 0.15) is 4.88 Å². The summed E-state index contributed by atoms with van der Waals surface area (Å²) in [5, 5.41) is 28.8. The van der Waals surface area contributed by atoms with Crippen molar-refractivity contribution >= 4 is 45.6 Å². The molecule has 2 aromatic heterocycles. The van der Waals surface area contributed by atoms with Crippen molar-refractivity contribution in [2.75, 3.05) is 18.4 Å². The van der Waals surface area contributed by atoms with E-state index in [4.69, 9.17) is 5.11 Å². The second-order valence-corrected chi connectivity index (χ2v) is 9.69. The van der Waals surface area contributed by atoms with Gasteiger partial charge >= 0.3 is 5.97 Å². The van der Waals surface area contributed by atoms with Crippen LogP contribution in [-0.2, 0) is 22.4 Å². The van der Waals surface area contributed by atoms with E-state index >= 15 is 0 Å². The molecule has 0 spiro atoms. The van der Waals surface area contributed by atoms with E-state index in [1.165, 1.54) is 22.7 Å². The summed E-state index contributed by atoms with van der Waals surface area (Å²) >= 11 is 2.78. The van der Waals surface area contributed by atoms with Crippen molar-refractivity contribution < 1.29 is 19.5 Å². The van der Waals surface area contributed by atoms with Gasteiger partial charge in [-0.05, 0) is 36.8 Å². The molecule has 0 fully saturated rings. The molecule has 0 saturated carbocycles. The standard InChI is InChI=1S/C14H16N4OS2.C12H15NO3/c1-3-9-12(21-14(18-9)16-4-2)13(19)17-10(8-15)11-6-5-7-20-11;14-11(6-7-12(15)16)13-9-8-10-4-2-1-3-5-10/h5-7,10H,3-4H2,1-2H3,(H,16,18)(H,17,19);1-5H,6-9H2,(H,13,14)(H,15,16). The molecule has 0 aliphatic carbocycles. The molecule has 9 nitrogen and oxygen atoms in total. The molecule has 37 heavy (non-hydrogen) atoms. The van der Waals surface area contributed by atoms with Gasteiger partial charge in [-0.2, -0.15) is 5.26 Å². The van der Waals surface area contributed by atoms with Crippen molar-refractivity contribution in [3.63, 3.8) is 0 Å². The van der Waals surface area contributed by atoms with E-state index in [0.717, 1.165) is 34.2 Å². The van der Waals surface area contributed by atoms with Crippen LogP contribution in [0, 0.1) is 11.3 Å². The second kappa shape index (κ2) is 16.1. The van der Waals surface area contributed by atoms with Crippen molar-refractivity contribution in [1.82, 2.24) is 15.6 Å². The second-order valence-electron chi connectivity index (χ2n) is 7.71. The van der Waals surface area contributed by atoms with E-state index < -0.39 is 12.0 Å². The maximum Gasteiger partial charge on any atom is 0.303 e. The molecular formula is C26H31N5O4S2. The lowest BCUT2D eigenvalue weighted by molar-refractivity contribution is -0.138. The summed E-state index contributed by atoms with van der Waals surface area (Å²) in [7, 11) is 0. The van der Waals surface area contributed by atoms with Crippen LogP contribution in [0.3, 0.4) is 0 Å². The van der Waals surface area contributed by atoms with Crippen LogP contribution in [0.25, 0.3) is 0 Å². The number of nitrogens with zero attached hydrogens (tertiary/aromatic N) is 2. The molecule has 1 aromatic carbocycles. The van der Waals surface area contributed by atoms with Crippen LogP contribution in [0.1, 0.15) is 58.5 Å². The van der Waals surface area contributed by atoms with Crippen LogP contribution in [0.2, 0.25) is 0 Å². The smallest absolute Gasteiger partial charge is 0.303 e. The summed E-state index contributed by atoms with van der Waals surface area (Å²) < 4.78 is 0. The number of aryl methyl sites for hydroxylation is 1. The van der Waals surface area contributed by atoms with Crippen molar-refractivity contribution in [2.24, 2.45) is 0 Å². The van der Waals surface area contributed by atoms with Crippen LogP contribution in [0.15, 0.2) is 47.8 Å². The molecule has 4 N–H and O–H groups in total. The van der Waals surface area contributed by atoms with E-state index in [9.17, 15) is 19.6 Å². The Balaban J connectivity index is 0.000000271. The van der Waals surface area contributed by atoms with Crippen LogP contribution < -0.4 is 16.0 Å². The van der Waals surface area contributed by atoms with Crippen molar-refractivity contribution in [3.05, 3.63) is 68.9 Å². The number of carboxylic acids is 1. The molecule has 0 radical (unpaired) electrons. The normalized spacial score (nSPS) is 10.8. The summed E-state index contributed by atoms with van der Waals surface area (Å²) in [4.78, 5) is 39.6. The molecule has 2 amide bonds. The van der Waals surface area contributed by atoms with E-state index in [2.05, 4.69) is 27.0 Å². The molecule has 2 heterocycles. The molecule has 1 unspecified atom stereocenters. The number of thiazole rings is 1. The summed E-state index contributed by atoms with van der Waals surface area (Å²) in [5.74, 6) is -1.40. The van der Waals surface area contributed by atoms with Gasteiger partial charge in [0.2, 0.25) is 5.91 Å². The quantitative estimate of drug-likeness (QED) is 0.266. The average molecular weight is 542 g/mol. The molecule has 3 aromatic rings. The number of hydrogen-bond acceptors (Lipinski definition) is 8. The van der Waals surface area contributed by atoms with Crippen molar-refractivity contribution in [3.8, 4) is 6.07 Å². The summed E-state index contributed by atoms with van der Waals surface area (Å²) in [6, 6.07) is 15.0. The number of anilines is 1. The third-order valence-electron chi connectivity index (χ3n) is 4.94. The first-order valence-corrected chi connectivity index (χ1v) is 13.6. The molecule has 11 heteroatoms. The minimum Gasteiger partial charge on any atom is -0.481 e. The Morgan fingerprint density at radius 2 is 1.86 bits per heavy atom. The van der Waals surface area contributed by atoms with E-state index in [1.54, 1.807) is 0 Å².